The lowest BCUT2D eigenvalue weighted by atomic mass is 9.95. The van der Waals surface area contributed by atoms with E-state index < -0.39 is 0 Å². The minimum absolute atomic E-state index is 0.205. The van der Waals surface area contributed by atoms with Crippen molar-refractivity contribution in [3.8, 4) is 0 Å². The molecule has 1 aromatic heterocycles. The van der Waals surface area contributed by atoms with Crippen LogP contribution in [0, 0.1) is 0 Å². The Balaban J connectivity index is 1.41. The van der Waals surface area contributed by atoms with Crippen LogP contribution in [0.3, 0.4) is 0 Å². The summed E-state index contributed by atoms with van der Waals surface area (Å²) in [5.41, 5.74) is 0. The highest BCUT2D eigenvalue weighted by Crippen LogP contribution is 2.23. The number of carbonyl (C=O) groups excluding carboxylic acids is 1. The number of carbonyl (C=O) groups is 1. The quantitative estimate of drug-likeness (QED) is 0.821. The molecule has 2 aliphatic rings. The molecule has 3 rings (SSSR count). The van der Waals surface area contributed by atoms with Gasteiger partial charge in [-0.1, -0.05) is 19.3 Å². The number of hydrogen-bond donors (Lipinski definition) is 1. The van der Waals surface area contributed by atoms with Gasteiger partial charge in [-0.05, 0) is 44.9 Å². The summed E-state index contributed by atoms with van der Waals surface area (Å²) in [6.45, 7) is 2.82. The summed E-state index contributed by atoms with van der Waals surface area (Å²) in [4.78, 5) is 16.8. The first-order valence-corrected chi connectivity index (χ1v) is 9.74. The molecule has 25 heavy (non-hydrogen) atoms. The predicted molar refractivity (Wildman–Crippen MR) is 99.5 cm³/mol. The van der Waals surface area contributed by atoms with Crippen LogP contribution in [-0.4, -0.2) is 59.8 Å². The Morgan fingerprint density at radius 1 is 1.28 bits per heavy atom. The van der Waals surface area contributed by atoms with Crippen molar-refractivity contribution < 1.29 is 4.79 Å². The third-order valence-corrected chi connectivity index (χ3v) is 5.44. The number of nitrogens with zero attached hydrogens (tertiary/aromatic N) is 4. The molecule has 1 amide bonds. The SMILES string of the molecule is CN(CCC(=O)NC1CCCCC1)CC1CCCN1c1cccnn1. The molecule has 2 heterocycles. The molecule has 0 bridgehead atoms. The average Bonchev–Trinajstić information content (AvgIpc) is 3.10. The fraction of sp³-hybridized carbons (Fsp3) is 0.737. The summed E-state index contributed by atoms with van der Waals surface area (Å²) in [6.07, 6.45) is 10.8. The van der Waals surface area contributed by atoms with Gasteiger partial charge in [0.2, 0.25) is 5.91 Å². The molecule has 1 saturated heterocycles. The van der Waals surface area contributed by atoms with Gasteiger partial charge >= 0.3 is 0 Å². The highest BCUT2D eigenvalue weighted by molar-refractivity contribution is 5.76. The van der Waals surface area contributed by atoms with Crippen molar-refractivity contribution in [3.05, 3.63) is 18.3 Å². The van der Waals surface area contributed by atoms with Crippen molar-refractivity contribution >= 4 is 11.7 Å². The fourth-order valence-corrected chi connectivity index (χ4v) is 4.06. The second kappa shape index (κ2) is 9.13. The summed E-state index contributed by atoms with van der Waals surface area (Å²) >= 11 is 0. The lowest BCUT2D eigenvalue weighted by Gasteiger charge is -2.29. The Bertz CT molecular complexity index is 532. The van der Waals surface area contributed by atoms with Crippen molar-refractivity contribution in [2.45, 2.75) is 63.5 Å². The van der Waals surface area contributed by atoms with Gasteiger partial charge in [-0.3, -0.25) is 4.79 Å². The number of aromatic nitrogens is 2. The second-order valence-electron chi connectivity index (χ2n) is 7.49. The Kier molecular flexibility index (Phi) is 6.62. The molecule has 6 nitrogen and oxygen atoms in total. The standard InChI is InChI=1S/C19H31N5O/c1-23(14-11-19(25)21-16-7-3-2-4-8-16)15-17-9-6-13-24(17)18-10-5-12-20-22-18/h5,10,12,16-17H,2-4,6-9,11,13-15H2,1H3,(H,21,25). The number of likely N-dealkylation sites (N-methyl/N-ethyl adjacent to an activating group) is 1. The van der Waals surface area contributed by atoms with Gasteiger partial charge in [0.1, 0.15) is 0 Å². The Morgan fingerprint density at radius 2 is 2.12 bits per heavy atom. The van der Waals surface area contributed by atoms with Gasteiger partial charge in [-0.25, -0.2) is 0 Å². The van der Waals surface area contributed by atoms with E-state index in [1.54, 1.807) is 6.20 Å². The van der Waals surface area contributed by atoms with Crippen molar-refractivity contribution in [2.24, 2.45) is 0 Å². The van der Waals surface area contributed by atoms with E-state index in [1.165, 1.54) is 32.1 Å². The number of rotatable bonds is 7. The van der Waals surface area contributed by atoms with E-state index in [9.17, 15) is 4.79 Å². The van der Waals surface area contributed by atoms with Crippen molar-refractivity contribution in [2.75, 3.05) is 31.6 Å². The molecule has 2 fully saturated rings. The van der Waals surface area contributed by atoms with Crippen LogP contribution in [0.15, 0.2) is 18.3 Å². The second-order valence-corrected chi connectivity index (χ2v) is 7.49. The van der Waals surface area contributed by atoms with Gasteiger partial charge in [-0.15, -0.1) is 5.10 Å². The molecule has 1 saturated carbocycles. The molecule has 1 unspecified atom stereocenters. The van der Waals surface area contributed by atoms with Gasteiger partial charge in [0, 0.05) is 44.3 Å². The van der Waals surface area contributed by atoms with E-state index in [-0.39, 0.29) is 5.91 Å². The molecule has 1 aliphatic heterocycles. The van der Waals surface area contributed by atoms with Crippen molar-refractivity contribution in [1.82, 2.24) is 20.4 Å². The van der Waals surface area contributed by atoms with E-state index in [0.717, 1.165) is 38.3 Å². The third-order valence-electron chi connectivity index (χ3n) is 5.44. The number of nitrogens with one attached hydrogen (secondary N) is 1. The van der Waals surface area contributed by atoms with Gasteiger partial charge in [0.05, 0.1) is 0 Å². The van der Waals surface area contributed by atoms with Crippen LogP contribution in [0.1, 0.15) is 51.4 Å². The molecule has 0 spiro atoms. The van der Waals surface area contributed by atoms with E-state index in [1.807, 2.05) is 12.1 Å². The van der Waals surface area contributed by atoms with Crippen LogP contribution in [0.2, 0.25) is 0 Å². The molecule has 6 heteroatoms. The smallest absolute Gasteiger partial charge is 0.221 e. The molecule has 138 valence electrons. The van der Waals surface area contributed by atoms with E-state index in [2.05, 4.69) is 32.4 Å². The van der Waals surface area contributed by atoms with E-state index in [4.69, 9.17) is 0 Å². The minimum atomic E-state index is 0.205. The van der Waals surface area contributed by atoms with Crippen molar-refractivity contribution in [1.29, 1.82) is 0 Å². The average molecular weight is 345 g/mol. The molecular weight excluding hydrogens is 314 g/mol. The normalized spacial score (nSPS) is 21.7. The first-order chi connectivity index (χ1) is 12.2. The van der Waals surface area contributed by atoms with Gasteiger partial charge in [0.15, 0.2) is 5.82 Å². The topological polar surface area (TPSA) is 61.4 Å². The van der Waals surface area contributed by atoms with E-state index in [0.29, 0.717) is 18.5 Å². The van der Waals surface area contributed by atoms with Gasteiger partial charge < -0.3 is 15.1 Å². The van der Waals surface area contributed by atoms with Crippen LogP contribution in [0.5, 0.6) is 0 Å². The number of anilines is 1. The largest absolute Gasteiger partial charge is 0.353 e. The lowest BCUT2D eigenvalue weighted by Crippen LogP contribution is -2.41. The van der Waals surface area contributed by atoms with Crippen LogP contribution in [0.25, 0.3) is 0 Å². The summed E-state index contributed by atoms with van der Waals surface area (Å²) in [5, 5.41) is 11.5. The fourth-order valence-electron chi connectivity index (χ4n) is 4.06. The van der Waals surface area contributed by atoms with Crippen LogP contribution < -0.4 is 10.2 Å². The molecular formula is C19H31N5O. The van der Waals surface area contributed by atoms with Crippen molar-refractivity contribution in [3.63, 3.8) is 0 Å². The van der Waals surface area contributed by atoms with Gasteiger partial charge in [0.25, 0.3) is 0 Å². The van der Waals surface area contributed by atoms with Crippen LogP contribution >= 0.6 is 0 Å². The van der Waals surface area contributed by atoms with Crippen LogP contribution in [0.4, 0.5) is 5.82 Å². The zero-order chi connectivity index (χ0) is 17.5. The molecule has 1 atom stereocenters. The molecule has 0 radical (unpaired) electrons. The number of amides is 1. The van der Waals surface area contributed by atoms with Gasteiger partial charge in [-0.2, -0.15) is 5.10 Å². The summed E-state index contributed by atoms with van der Waals surface area (Å²) in [7, 11) is 2.11. The van der Waals surface area contributed by atoms with E-state index >= 15 is 0 Å². The number of hydrogen-bond acceptors (Lipinski definition) is 5. The van der Waals surface area contributed by atoms with Crippen LogP contribution in [-0.2, 0) is 4.79 Å². The molecule has 0 aromatic carbocycles. The maximum absolute atomic E-state index is 12.2. The minimum Gasteiger partial charge on any atom is -0.353 e. The summed E-state index contributed by atoms with van der Waals surface area (Å²) in [6, 6.07) is 4.84. The predicted octanol–water partition coefficient (Wildman–Crippen LogP) is 2.22. The lowest BCUT2D eigenvalue weighted by molar-refractivity contribution is -0.122. The third kappa shape index (κ3) is 5.39. The molecule has 1 aliphatic carbocycles. The zero-order valence-electron chi connectivity index (χ0n) is 15.4. The summed E-state index contributed by atoms with van der Waals surface area (Å²) < 4.78 is 0. The molecule has 1 N–H and O–H groups in total. The summed E-state index contributed by atoms with van der Waals surface area (Å²) in [5.74, 6) is 1.17. The Hall–Kier alpha value is -1.69. The highest BCUT2D eigenvalue weighted by Gasteiger charge is 2.27. The maximum Gasteiger partial charge on any atom is 0.221 e. The Labute approximate surface area is 151 Å². The zero-order valence-corrected chi connectivity index (χ0v) is 15.4. The maximum atomic E-state index is 12.2. The highest BCUT2D eigenvalue weighted by atomic mass is 16.1. The molecule has 1 aromatic rings. The first kappa shape index (κ1) is 18.1. The first-order valence-electron chi connectivity index (χ1n) is 9.74. The Morgan fingerprint density at radius 3 is 2.88 bits per heavy atom. The monoisotopic (exact) mass is 345 g/mol.